The molecule has 0 unspecified atom stereocenters. The van der Waals surface area contributed by atoms with Crippen molar-refractivity contribution in [3.63, 3.8) is 0 Å². The van der Waals surface area contributed by atoms with Crippen LogP contribution in [-0.2, 0) is 0 Å². The number of aromatic nitrogens is 2. The summed E-state index contributed by atoms with van der Waals surface area (Å²) in [5.41, 5.74) is 5.12. The summed E-state index contributed by atoms with van der Waals surface area (Å²) in [7, 11) is 1.97. The number of aryl methyl sites for hydroxylation is 1. The van der Waals surface area contributed by atoms with Crippen molar-refractivity contribution in [2.75, 3.05) is 7.05 Å². The number of hydrogen-bond donors (Lipinski definition) is 2. The molecule has 0 radical (unpaired) electrons. The van der Waals surface area contributed by atoms with Crippen molar-refractivity contribution in [2.24, 2.45) is 0 Å². The zero-order valence-electron chi connectivity index (χ0n) is 15.9. The number of rotatable bonds is 4. The molecule has 1 aliphatic carbocycles. The minimum Gasteiger partial charge on any atom is -0.349 e. The summed E-state index contributed by atoms with van der Waals surface area (Å²) in [5.74, 6) is 0.00735. The molecule has 1 saturated carbocycles. The lowest BCUT2D eigenvalue weighted by molar-refractivity contribution is 0.0904. The number of benzene rings is 2. The Hall–Kier alpha value is -2.70. The van der Waals surface area contributed by atoms with E-state index < -0.39 is 0 Å². The smallest absolute Gasteiger partial charge is 0.251 e. The Morgan fingerprint density at radius 3 is 2.82 bits per heavy atom. The summed E-state index contributed by atoms with van der Waals surface area (Å²) in [4.78, 5) is 18.3. The van der Waals surface area contributed by atoms with E-state index in [1.807, 2.05) is 25.2 Å². The Balaban J connectivity index is 1.42. The molecule has 2 N–H and O–H groups in total. The van der Waals surface area contributed by atoms with E-state index in [1.54, 1.807) is 11.3 Å². The summed E-state index contributed by atoms with van der Waals surface area (Å²) in [5, 5.41) is 6.37. The standard InChI is InChI=1S/C22H22N4OS/c1-13-4-3-5-14(8-13)18-12-26-19-7-6-15(9-20(19)28-22(26)25-18)21(27)24-17-10-16(11-17)23-2/h3-9,12,16-17,23H,10-11H2,1-2H3,(H,24,27). The highest BCUT2D eigenvalue weighted by Gasteiger charge is 2.29. The topological polar surface area (TPSA) is 58.4 Å². The van der Waals surface area contributed by atoms with E-state index in [-0.39, 0.29) is 11.9 Å². The van der Waals surface area contributed by atoms with Gasteiger partial charge in [0.05, 0.1) is 15.9 Å². The fourth-order valence-electron chi connectivity index (χ4n) is 3.83. The van der Waals surface area contributed by atoms with Gasteiger partial charge < -0.3 is 10.6 Å². The van der Waals surface area contributed by atoms with Crippen LogP contribution in [0.15, 0.2) is 48.7 Å². The van der Waals surface area contributed by atoms with Gasteiger partial charge in [0.1, 0.15) is 0 Å². The normalized spacial score (nSPS) is 19.1. The van der Waals surface area contributed by atoms with Gasteiger partial charge in [0, 0.05) is 29.4 Å². The largest absolute Gasteiger partial charge is 0.349 e. The number of carbonyl (C=O) groups is 1. The molecule has 2 heterocycles. The highest BCUT2D eigenvalue weighted by Crippen LogP contribution is 2.30. The molecule has 0 aliphatic heterocycles. The monoisotopic (exact) mass is 390 g/mol. The Labute approximate surface area is 167 Å². The fraction of sp³-hybridized carbons (Fsp3) is 0.273. The first-order valence-corrected chi connectivity index (χ1v) is 10.4. The van der Waals surface area contributed by atoms with Crippen LogP contribution in [0.4, 0.5) is 0 Å². The maximum Gasteiger partial charge on any atom is 0.251 e. The minimum atomic E-state index is 0.00735. The first-order chi connectivity index (χ1) is 13.6. The molecule has 0 bridgehead atoms. The first kappa shape index (κ1) is 17.4. The van der Waals surface area contributed by atoms with Gasteiger partial charge in [-0.3, -0.25) is 9.20 Å². The Morgan fingerprint density at radius 1 is 1.18 bits per heavy atom. The maximum atomic E-state index is 12.6. The molecule has 4 aromatic rings. The van der Waals surface area contributed by atoms with E-state index in [0.29, 0.717) is 11.6 Å². The zero-order valence-corrected chi connectivity index (χ0v) is 16.7. The number of imidazole rings is 1. The summed E-state index contributed by atoms with van der Waals surface area (Å²) < 4.78 is 3.19. The van der Waals surface area contributed by atoms with Gasteiger partial charge in [-0.25, -0.2) is 4.98 Å². The average molecular weight is 391 g/mol. The summed E-state index contributed by atoms with van der Waals surface area (Å²) in [6.07, 6.45) is 4.08. The number of fused-ring (bicyclic) bond motifs is 3. The fourth-order valence-corrected chi connectivity index (χ4v) is 4.87. The van der Waals surface area contributed by atoms with E-state index in [4.69, 9.17) is 4.98 Å². The molecule has 0 saturated heterocycles. The lowest BCUT2D eigenvalue weighted by atomic mass is 9.87. The zero-order chi connectivity index (χ0) is 19.3. The lowest BCUT2D eigenvalue weighted by Gasteiger charge is -2.35. The van der Waals surface area contributed by atoms with E-state index >= 15 is 0 Å². The molecule has 2 aromatic carbocycles. The van der Waals surface area contributed by atoms with Crippen LogP contribution < -0.4 is 10.6 Å². The van der Waals surface area contributed by atoms with Gasteiger partial charge >= 0.3 is 0 Å². The predicted octanol–water partition coefficient (Wildman–Crippen LogP) is 4.00. The van der Waals surface area contributed by atoms with Crippen molar-refractivity contribution in [1.29, 1.82) is 0 Å². The predicted molar refractivity (Wildman–Crippen MR) is 114 cm³/mol. The number of amides is 1. The van der Waals surface area contributed by atoms with Crippen LogP contribution in [0, 0.1) is 6.92 Å². The highest BCUT2D eigenvalue weighted by molar-refractivity contribution is 7.23. The molecule has 5 nitrogen and oxygen atoms in total. The Morgan fingerprint density at radius 2 is 2.04 bits per heavy atom. The van der Waals surface area contributed by atoms with Gasteiger partial charge in [0.15, 0.2) is 4.96 Å². The van der Waals surface area contributed by atoms with Gasteiger partial charge in [0.2, 0.25) is 0 Å². The number of hydrogen-bond acceptors (Lipinski definition) is 4. The molecule has 5 rings (SSSR count). The van der Waals surface area contributed by atoms with Gasteiger partial charge in [-0.1, -0.05) is 35.1 Å². The molecule has 1 amide bonds. The van der Waals surface area contributed by atoms with Crippen molar-refractivity contribution >= 4 is 32.4 Å². The van der Waals surface area contributed by atoms with E-state index in [0.717, 1.165) is 39.3 Å². The van der Waals surface area contributed by atoms with Crippen LogP contribution in [0.5, 0.6) is 0 Å². The Kier molecular flexibility index (Phi) is 4.18. The first-order valence-electron chi connectivity index (χ1n) is 9.57. The lowest BCUT2D eigenvalue weighted by Crippen LogP contribution is -2.51. The molecule has 2 aromatic heterocycles. The van der Waals surface area contributed by atoms with Crippen LogP contribution >= 0.6 is 11.3 Å². The summed E-state index contributed by atoms with van der Waals surface area (Å²) in [6.45, 7) is 2.09. The molecule has 6 heteroatoms. The second-order valence-corrected chi connectivity index (χ2v) is 8.57. The summed E-state index contributed by atoms with van der Waals surface area (Å²) >= 11 is 1.62. The van der Waals surface area contributed by atoms with Gasteiger partial charge in [0.25, 0.3) is 5.91 Å². The number of carbonyl (C=O) groups excluding carboxylic acids is 1. The van der Waals surface area contributed by atoms with Crippen LogP contribution in [-0.4, -0.2) is 34.4 Å². The molecule has 1 fully saturated rings. The van der Waals surface area contributed by atoms with Crippen LogP contribution in [0.1, 0.15) is 28.8 Å². The number of nitrogens with one attached hydrogen (secondary N) is 2. The van der Waals surface area contributed by atoms with Gasteiger partial charge in [-0.15, -0.1) is 0 Å². The van der Waals surface area contributed by atoms with E-state index in [2.05, 4.69) is 52.4 Å². The number of thiazole rings is 1. The average Bonchev–Trinajstić information content (AvgIpc) is 3.21. The third kappa shape index (κ3) is 2.99. The maximum absolute atomic E-state index is 12.6. The van der Waals surface area contributed by atoms with Gasteiger partial charge in [-0.2, -0.15) is 0 Å². The van der Waals surface area contributed by atoms with Crippen LogP contribution in [0.3, 0.4) is 0 Å². The number of nitrogens with zero attached hydrogens (tertiary/aromatic N) is 2. The van der Waals surface area contributed by atoms with E-state index in [9.17, 15) is 4.79 Å². The summed E-state index contributed by atoms with van der Waals surface area (Å²) in [6, 6.07) is 15.1. The van der Waals surface area contributed by atoms with Crippen molar-refractivity contribution in [3.8, 4) is 11.3 Å². The quantitative estimate of drug-likeness (QED) is 0.554. The SMILES string of the molecule is CNC1CC(NC(=O)c2ccc3c(c2)sc2nc(-c4cccc(C)c4)cn23)C1. The Bertz CT molecular complexity index is 1190. The molecular weight excluding hydrogens is 368 g/mol. The van der Waals surface area contributed by atoms with Crippen LogP contribution in [0.25, 0.3) is 26.4 Å². The third-order valence-corrected chi connectivity index (χ3v) is 6.57. The molecule has 0 atom stereocenters. The van der Waals surface area contributed by atoms with Crippen molar-refractivity contribution in [1.82, 2.24) is 20.0 Å². The molecule has 0 spiro atoms. The molecule has 1 aliphatic rings. The molecule has 142 valence electrons. The van der Waals surface area contributed by atoms with E-state index in [1.165, 1.54) is 5.56 Å². The van der Waals surface area contributed by atoms with Crippen molar-refractivity contribution < 1.29 is 4.79 Å². The van der Waals surface area contributed by atoms with Crippen molar-refractivity contribution in [2.45, 2.75) is 31.8 Å². The highest BCUT2D eigenvalue weighted by atomic mass is 32.1. The van der Waals surface area contributed by atoms with Crippen LogP contribution in [0.2, 0.25) is 0 Å². The minimum absolute atomic E-state index is 0.00735. The third-order valence-electron chi connectivity index (χ3n) is 5.55. The molecular formula is C22H22N4OS. The molecule has 28 heavy (non-hydrogen) atoms. The van der Waals surface area contributed by atoms with Crippen molar-refractivity contribution in [3.05, 3.63) is 59.8 Å². The second-order valence-electron chi connectivity index (χ2n) is 7.56. The second kappa shape index (κ2) is 6.72. The van der Waals surface area contributed by atoms with Gasteiger partial charge in [-0.05, 0) is 51.1 Å².